The van der Waals surface area contributed by atoms with Crippen LogP contribution in [-0.2, 0) is 13.2 Å². The van der Waals surface area contributed by atoms with Crippen molar-refractivity contribution in [2.24, 2.45) is 0 Å². The number of rotatable bonds is 7. The van der Waals surface area contributed by atoms with E-state index in [0.717, 1.165) is 22.5 Å². The Bertz CT molecular complexity index is 1270. The number of carbonyl (C=O) groups is 1. The van der Waals surface area contributed by atoms with Crippen LogP contribution in [0.15, 0.2) is 72.8 Å². The number of halogens is 2. The zero-order chi connectivity index (χ0) is 23.4. The van der Waals surface area contributed by atoms with Gasteiger partial charge in [-0.1, -0.05) is 35.9 Å². The third kappa shape index (κ3) is 5.59. The number of hydrogen-bond donors (Lipinski definition) is 1. The quantitative estimate of drug-likeness (QED) is 0.356. The number of aromatic nitrogens is 2. The van der Waals surface area contributed by atoms with E-state index >= 15 is 0 Å². The molecular weight excluding hydrogens is 441 g/mol. The largest absolute Gasteiger partial charge is 0.489 e. The van der Waals surface area contributed by atoms with Crippen molar-refractivity contribution in [1.29, 1.82) is 0 Å². The maximum absolute atomic E-state index is 13.0. The smallest absolute Gasteiger partial charge is 0.255 e. The molecule has 0 bridgehead atoms. The standard InChI is InChI=1S/C26H23ClFN3O2/c1-17-25(18(2)31(30-17)15-20-4-3-5-22(27)14-20)29-26(32)21-8-6-19(7-9-21)16-33-24-12-10-23(28)11-13-24/h3-14H,15-16H2,1-2H3,(H,29,32). The molecule has 1 N–H and O–H groups in total. The van der Waals surface area contributed by atoms with Crippen LogP contribution in [0.5, 0.6) is 5.75 Å². The van der Waals surface area contributed by atoms with E-state index < -0.39 is 0 Å². The van der Waals surface area contributed by atoms with Gasteiger partial charge in [-0.2, -0.15) is 5.10 Å². The normalized spacial score (nSPS) is 10.8. The molecule has 0 radical (unpaired) electrons. The van der Waals surface area contributed by atoms with Gasteiger partial charge in [0, 0.05) is 10.6 Å². The van der Waals surface area contributed by atoms with Crippen LogP contribution in [0.2, 0.25) is 5.02 Å². The fourth-order valence-electron chi connectivity index (χ4n) is 3.48. The summed E-state index contributed by atoms with van der Waals surface area (Å²) in [5.41, 5.74) is 4.77. The van der Waals surface area contributed by atoms with Gasteiger partial charge in [0.2, 0.25) is 0 Å². The predicted octanol–water partition coefficient (Wildman–Crippen LogP) is 6.17. The fourth-order valence-corrected chi connectivity index (χ4v) is 3.69. The van der Waals surface area contributed by atoms with E-state index in [2.05, 4.69) is 10.4 Å². The van der Waals surface area contributed by atoms with Crippen LogP contribution in [0.4, 0.5) is 10.1 Å². The third-order valence-corrected chi connectivity index (χ3v) is 5.51. The summed E-state index contributed by atoms with van der Waals surface area (Å²) < 4.78 is 20.5. The van der Waals surface area contributed by atoms with E-state index in [1.807, 2.05) is 54.9 Å². The van der Waals surface area contributed by atoms with Crippen LogP contribution < -0.4 is 10.1 Å². The number of ether oxygens (including phenoxy) is 1. The lowest BCUT2D eigenvalue weighted by Gasteiger charge is -2.09. The molecule has 168 valence electrons. The van der Waals surface area contributed by atoms with E-state index in [4.69, 9.17) is 16.3 Å². The first-order valence-corrected chi connectivity index (χ1v) is 10.8. The number of benzene rings is 3. The lowest BCUT2D eigenvalue weighted by atomic mass is 10.1. The highest BCUT2D eigenvalue weighted by atomic mass is 35.5. The van der Waals surface area contributed by atoms with Crippen molar-refractivity contribution in [3.8, 4) is 5.75 Å². The summed E-state index contributed by atoms with van der Waals surface area (Å²) >= 11 is 6.08. The molecule has 0 spiro atoms. The van der Waals surface area contributed by atoms with E-state index in [-0.39, 0.29) is 11.7 Å². The molecule has 1 heterocycles. The monoisotopic (exact) mass is 463 g/mol. The zero-order valence-corrected chi connectivity index (χ0v) is 19.1. The Morgan fingerprint density at radius 2 is 1.76 bits per heavy atom. The highest BCUT2D eigenvalue weighted by Crippen LogP contribution is 2.22. The summed E-state index contributed by atoms with van der Waals surface area (Å²) in [5.74, 6) is 0.0617. The highest BCUT2D eigenvalue weighted by Gasteiger charge is 2.15. The van der Waals surface area contributed by atoms with E-state index in [1.165, 1.54) is 12.1 Å². The van der Waals surface area contributed by atoms with Crippen LogP contribution in [0.3, 0.4) is 0 Å². The number of aryl methyl sites for hydroxylation is 1. The molecule has 0 aliphatic rings. The van der Waals surface area contributed by atoms with Crippen molar-refractivity contribution >= 4 is 23.2 Å². The van der Waals surface area contributed by atoms with Gasteiger partial charge in [-0.05, 0) is 73.5 Å². The molecule has 3 aromatic carbocycles. The molecule has 0 unspecified atom stereocenters. The molecule has 1 aromatic heterocycles. The Balaban J connectivity index is 1.40. The summed E-state index contributed by atoms with van der Waals surface area (Å²) in [6, 6.07) is 20.6. The van der Waals surface area contributed by atoms with Gasteiger partial charge in [0.15, 0.2) is 0 Å². The Kier molecular flexibility index (Phi) is 6.75. The average molecular weight is 464 g/mol. The van der Waals surface area contributed by atoms with Crippen molar-refractivity contribution in [3.63, 3.8) is 0 Å². The average Bonchev–Trinajstić information content (AvgIpc) is 3.06. The number of carbonyl (C=O) groups excluding carboxylic acids is 1. The second-order valence-corrected chi connectivity index (χ2v) is 8.16. The van der Waals surface area contributed by atoms with Crippen molar-refractivity contribution in [3.05, 3.63) is 112 Å². The molecule has 7 heteroatoms. The molecule has 0 saturated heterocycles. The number of nitrogens with one attached hydrogen (secondary N) is 1. The SMILES string of the molecule is Cc1nn(Cc2cccc(Cl)c2)c(C)c1NC(=O)c1ccc(COc2ccc(F)cc2)cc1. The van der Waals surface area contributed by atoms with Crippen molar-refractivity contribution in [1.82, 2.24) is 9.78 Å². The van der Waals surface area contributed by atoms with Crippen molar-refractivity contribution in [2.75, 3.05) is 5.32 Å². The van der Waals surface area contributed by atoms with Gasteiger partial charge in [0.1, 0.15) is 18.2 Å². The Morgan fingerprint density at radius 3 is 2.45 bits per heavy atom. The molecular formula is C26H23ClFN3O2. The lowest BCUT2D eigenvalue weighted by molar-refractivity contribution is 0.102. The molecule has 0 atom stereocenters. The fraction of sp³-hybridized carbons (Fsp3) is 0.154. The molecule has 4 rings (SSSR count). The summed E-state index contributed by atoms with van der Waals surface area (Å²) in [5, 5.41) is 8.23. The number of amides is 1. The maximum Gasteiger partial charge on any atom is 0.255 e. The van der Waals surface area contributed by atoms with Gasteiger partial charge in [0.25, 0.3) is 5.91 Å². The molecule has 4 aromatic rings. The molecule has 5 nitrogen and oxygen atoms in total. The predicted molar refractivity (Wildman–Crippen MR) is 127 cm³/mol. The lowest BCUT2D eigenvalue weighted by Crippen LogP contribution is -2.13. The number of nitrogens with zero attached hydrogens (tertiary/aromatic N) is 2. The van der Waals surface area contributed by atoms with Gasteiger partial charge in [0.05, 0.1) is 23.6 Å². The first-order valence-electron chi connectivity index (χ1n) is 10.5. The van der Waals surface area contributed by atoms with E-state index in [9.17, 15) is 9.18 Å². The summed E-state index contributed by atoms with van der Waals surface area (Å²) in [6.07, 6.45) is 0. The minimum Gasteiger partial charge on any atom is -0.489 e. The van der Waals surface area contributed by atoms with Gasteiger partial charge in [-0.3, -0.25) is 9.48 Å². The van der Waals surface area contributed by atoms with Gasteiger partial charge >= 0.3 is 0 Å². The zero-order valence-electron chi connectivity index (χ0n) is 18.3. The summed E-state index contributed by atoms with van der Waals surface area (Å²) in [6.45, 7) is 4.68. The second kappa shape index (κ2) is 9.88. The Labute approximate surface area is 196 Å². The third-order valence-electron chi connectivity index (χ3n) is 5.28. The number of anilines is 1. The molecule has 0 saturated carbocycles. The summed E-state index contributed by atoms with van der Waals surface area (Å²) in [4.78, 5) is 12.8. The van der Waals surface area contributed by atoms with Gasteiger partial charge in [-0.15, -0.1) is 0 Å². The molecule has 0 fully saturated rings. The first kappa shape index (κ1) is 22.6. The summed E-state index contributed by atoms with van der Waals surface area (Å²) in [7, 11) is 0. The Morgan fingerprint density at radius 1 is 1.03 bits per heavy atom. The van der Waals surface area contributed by atoms with Crippen LogP contribution in [-0.4, -0.2) is 15.7 Å². The van der Waals surface area contributed by atoms with Crippen molar-refractivity contribution in [2.45, 2.75) is 27.0 Å². The first-order chi connectivity index (χ1) is 15.9. The van der Waals surface area contributed by atoms with Crippen LogP contribution >= 0.6 is 11.6 Å². The topological polar surface area (TPSA) is 56.2 Å². The van der Waals surface area contributed by atoms with Crippen molar-refractivity contribution < 1.29 is 13.9 Å². The van der Waals surface area contributed by atoms with E-state index in [0.29, 0.717) is 35.2 Å². The number of hydrogen-bond acceptors (Lipinski definition) is 3. The Hall–Kier alpha value is -3.64. The van der Waals surface area contributed by atoms with Gasteiger partial charge in [-0.25, -0.2) is 4.39 Å². The minimum atomic E-state index is -0.307. The maximum atomic E-state index is 13.0. The second-order valence-electron chi connectivity index (χ2n) is 7.73. The molecule has 0 aliphatic carbocycles. The minimum absolute atomic E-state index is 0.213. The van der Waals surface area contributed by atoms with Gasteiger partial charge < -0.3 is 10.1 Å². The van der Waals surface area contributed by atoms with Crippen LogP contribution in [0.25, 0.3) is 0 Å². The van der Waals surface area contributed by atoms with E-state index in [1.54, 1.807) is 24.3 Å². The molecule has 33 heavy (non-hydrogen) atoms. The molecule has 0 aliphatic heterocycles. The molecule has 1 amide bonds. The highest BCUT2D eigenvalue weighted by molar-refractivity contribution is 6.30. The van der Waals surface area contributed by atoms with Crippen LogP contribution in [0, 0.1) is 19.7 Å². The van der Waals surface area contributed by atoms with Crippen LogP contribution in [0.1, 0.15) is 32.9 Å².